The smallest absolute Gasteiger partial charge is 0.335 e. The average Bonchev–Trinajstić information content (AvgIpc) is 2.58. The van der Waals surface area contributed by atoms with Crippen LogP contribution in [-0.2, 0) is 16.2 Å². The molecule has 1 aromatic carbocycles. The molecule has 27 heavy (non-hydrogen) atoms. The summed E-state index contributed by atoms with van der Waals surface area (Å²) in [6, 6.07) is 4.76. The van der Waals surface area contributed by atoms with Crippen molar-refractivity contribution in [3.63, 3.8) is 0 Å². The van der Waals surface area contributed by atoms with Crippen molar-refractivity contribution in [1.29, 1.82) is 0 Å². The fraction of sp³-hybridized carbons (Fsp3) is 0.529. The van der Waals surface area contributed by atoms with Crippen LogP contribution in [0.4, 0.5) is 0 Å². The number of nitrogens with one attached hydrogen (secondary N) is 1. The summed E-state index contributed by atoms with van der Waals surface area (Å²) in [5.74, 6) is -3.49. The first-order valence-electron chi connectivity index (χ1n) is 7.97. The Morgan fingerprint density at radius 1 is 1.04 bits per heavy atom. The number of rotatable bonds is 7. The molecule has 1 aromatic rings. The zero-order valence-corrected chi connectivity index (χ0v) is 15.3. The number of aromatic hydroxyl groups is 1. The molecule has 0 unspecified atom stereocenters. The second-order valence-corrected chi connectivity index (χ2v) is 6.76. The van der Waals surface area contributed by atoms with Crippen LogP contribution in [0.5, 0.6) is 5.75 Å². The maximum absolute atomic E-state index is 9.97. The number of aliphatic hydroxyl groups excluding tert-OH is 4. The minimum atomic E-state index is -2.27. The van der Waals surface area contributed by atoms with Crippen molar-refractivity contribution in [3.8, 4) is 5.75 Å². The maximum Gasteiger partial charge on any atom is 0.335 e. The number of aliphatic carboxylic acids is 2. The van der Waals surface area contributed by atoms with Gasteiger partial charge in [-0.15, -0.1) is 0 Å². The summed E-state index contributed by atoms with van der Waals surface area (Å²) in [6.07, 6.45) is -5.19. The molecule has 0 aromatic heterocycles. The first kappa shape index (κ1) is 24.8. The quantitative estimate of drug-likeness (QED) is 0.293. The van der Waals surface area contributed by atoms with Gasteiger partial charge in [0.1, 0.15) is 5.75 Å². The van der Waals surface area contributed by atoms with Crippen LogP contribution in [-0.4, -0.2) is 72.0 Å². The Kier molecular flexibility index (Phi) is 9.90. The summed E-state index contributed by atoms with van der Waals surface area (Å²) in [6.45, 7) is 6.26. The summed E-state index contributed by atoms with van der Waals surface area (Å²) in [7, 11) is 0. The summed E-state index contributed by atoms with van der Waals surface area (Å²) in [4.78, 5) is 19.5. The molecule has 3 atom stereocenters. The van der Waals surface area contributed by atoms with Gasteiger partial charge in [-0.05, 0) is 38.5 Å². The van der Waals surface area contributed by atoms with Gasteiger partial charge in [0.25, 0.3) is 0 Å². The van der Waals surface area contributed by atoms with Crippen molar-refractivity contribution < 1.29 is 45.3 Å². The van der Waals surface area contributed by atoms with Gasteiger partial charge in [-0.3, -0.25) is 0 Å². The predicted octanol–water partition coefficient (Wildman–Crippen LogP) is -0.817. The van der Waals surface area contributed by atoms with E-state index in [0.29, 0.717) is 17.7 Å². The normalized spacial score (nSPS) is 14.5. The SMILES string of the molecule is CC(C)(C)NC[C@@H](O)c1ccc(O)c(CO)c1.O=C(O)[C@@H](O)[C@H](O)C(=O)O. The van der Waals surface area contributed by atoms with Crippen LogP contribution in [0.1, 0.15) is 38.0 Å². The number of hydrogen-bond acceptors (Lipinski definition) is 8. The standard InChI is InChI=1S/C13H21NO3.C4H6O6/c1-13(2,3)14-7-12(17)9-4-5-11(16)10(6-9)8-15;5-1(3(7)8)2(6)4(9)10/h4-6,12,14-17H,7-8H2,1-3H3;1-2,5-6H,(H,7,8)(H,9,10)/t12-;1-,2-/m10/s1. The second kappa shape index (κ2) is 10.8. The maximum atomic E-state index is 9.97. The fourth-order valence-electron chi connectivity index (χ4n) is 1.73. The lowest BCUT2D eigenvalue weighted by molar-refractivity contribution is -0.165. The van der Waals surface area contributed by atoms with E-state index in [0.717, 1.165) is 0 Å². The number of carboxylic acid groups (broad SMARTS) is 2. The number of hydrogen-bond donors (Lipinski definition) is 8. The van der Waals surface area contributed by atoms with Gasteiger partial charge in [-0.25, -0.2) is 9.59 Å². The lowest BCUT2D eigenvalue weighted by Crippen LogP contribution is -2.39. The molecule has 8 N–H and O–H groups in total. The molecule has 0 saturated carbocycles. The molecule has 0 saturated heterocycles. The Morgan fingerprint density at radius 3 is 1.89 bits per heavy atom. The predicted molar refractivity (Wildman–Crippen MR) is 94.0 cm³/mol. The van der Waals surface area contributed by atoms with Gasteiger partial charge in [-0.2, -0.15) is 0 Å². The highest BCUT2D eigenvalue weighted by Gasteiger charge is 2.29. The molecule has 0 aliphatic heterocycles. The Bertz CT molecular complexity index is 609. The Hall–Kier alpha value is -2.24. The Labute approximate surface area is 156 Å². The molecule has 1 rings (SSSR count). The third-order valence-electron chi connectivity index (χ3n) is 3.29. The number of benzene rings is 1. The van der Waals surface area contributed by atoms with E-state index in [-0.39, 0.29) is 17.9 Å². The minimum Gasteiger partial charge on any atom is -0.508 e. The average molecular weight is 389 g/mol. The third-order valence-corrected chi connectivity index (χ3v) is 3.29. The van der Waals surface area contributed by atoms with E-state index in [4.69, 9.17) is 25.5 Å². The number of carboxylic acids is 2. The number of carbonyl (C=O) groups is 2. The first-order valence-corrected chi connectivity index (χ1v) is 7.97. The molecule has 154 valence electrons. The van der Waals surface area contributed by atoms with E-state index in [1.165, 1.54) is 6.07 Å². The lowest BCUT2D eigenvalue weighted by Gasteiger charge is -2.23. The summed E-state index contributed by atoms with van der Waals surface area (Å²) in [5.41, 5.74) is 1.05. The van der Waals surface area contributed by atoms with Gasteiger partial charge >= 0.3 is 11.9 Å². The van der Waals surface area contributed by atoms with Gasteiger partial charge in [0, 0.05) is 17.6 Å². The monoisotopic (exact) mass is 389 g/mol. The van der Waals surface area contributed by atoms with Crippen molar-refractivity contribution in [2.45, 2.75) is 51.2 Å². The van der Waals surface area contributed by atoms with Crippen LogP contribution >= 0.6 is 0 Å². The van der Waals surface area contributed by atoms with E-state index in [9.17, 15) is 19.8 Å². The topological polar surface area (TPSA) is 188 Å². The highest BCUT2D eigenvalue weighted by molar-refractivity contribution is 5.83. The fourth-order valence-corrected chi connectivity index (χ4v) is 1.73. The largest absolute Gasteiger partial charge is 0.508 e. The molecule has 0 aliphatic rings. The van der Waals surface area contributed by atoms with E-state index in [1.54, 1.807) is 12.1 Å². The number of β-amino-alcohol motifs (C(OH)–C–C–N with tert-alkyl or cyclic N) is 1. The van der Waals surface area contributed by atoms with Gasteiger partial charge < -0.3 is 41.1 Å². The first-order chi connectivity index (χ1) is 12.3. The lowest BCUT2D eigenvalue weighted by atomic mass is 10.0. The van der Waals surface area contributed by atoms with Crippen LogP contribution < -0.4 is 5.32 Å². The van der Waals surface area contributed by atoms with Gasteiger partial charge in [0.2, 0.25) is 0 Å². The van der Waals surface area contributed by atoms with E-state index < -0.39 is 30.3 Å². The summed E-state index contributed by atoms with van der Waals surface area (Å²) < 4.78 is 0. The van der Waals surface area contributed by atoms with Gasteiger partial charge in [0.05, 0.1) is 12.7 Å². The van der Waals surface area contributed by atoms with Crippen molar-refractivity contribution in [1.82, 2.24) is 5.32 Å². The van der Waals surface area contributed by atoms with Crippen molar-refractivity contribution >= 4 is 11.9 Å². The summed E-state index contributed by atoms with van der Waals surface area (Å²) in [5, 5.41) is 64.1. The highest BCUT2D eigenvalue weighted by Crippen LogP contribution is 2.22. The number of aliphatic hydroxyl groups is 4. The molecule has 0 amide bonds. The van der Waals surface area contributed by atoms with Crippen LogP contribution in [0.3, 0.4) is 0 Å². The molecule has 10 nitrogen and oxygen atoms in total. The Morgan fingerprint density at radius 2 is 1.52 bits per heavy atom. The molecule has 0 radical (unpaired) electrons. The van der Waals surface area contributed by atoms with Gasteiger partial charge in [-0.1, -0.05) is 6.07 Å². The molecule has 0 spiro atoms. The molecule has 0 bridgehead atoms. The van der Waals surface area contributed by atoms with Crippen molar-refractivity contribution in [2.24, 2.45) is 0 Å². The zero-order valence-electron chi connectivity index (χ0n) is 15.3. The third kappa shape index (κ3) is 9.31. The minimum absolute atomic E-state index is 0.0484. The molecular formula is C17H27NO9. The highest BCUT2D eigenvalue weighted by atomic mass is 16.4. The van der Waals surface area contributed by atoms with Crippen LogP contribution in [0.25, 0.3) is 0 Å². The van der Waals surface area contributed by atoms with E-state index in [1.807, 2.05) is 20.8 Å². The molecular weight excluding hydrogens is 362 g/mol. The molecule has 10 heteroatoms. The van der Waals surface area contributed by atoms with E-state index in [2.05, 4.69) is 5.32 Å². The van der Waals surface area contributed by atoms with Crippen LogP contribution in [0, 0.1) is 0 Å². The zero-order chi connectivity index (χ0) is 21.4. The van der Waals surface area contributed by atoms with Crippen LogP contribution in [0.2, 0.25) is 0 Å². The summed E-state index contributed by atoms with van der Waals surface area (Å²) >= 11 is 0. The van der Waals surface area contributed by atoms with E-state index >= 15 is 0 Å². The van der Waals surface area contributed by atoms with Gasteiger partial charge in [0.15, 0.2) is 12.2 Å². The molecule has 0 heterocycles. The number of phenols is 1. The van der Waals surface area contributed by atoms with Crippen molar-refractivity contribution in [2.75, 3.05) is 6.54 Å². The second-order valence-electron chi connectivity index (χ2n) is 6.76. The molecule has 0 aliphatic carbocycles. The Balaban J connectivity index is 0.000000580. The van der Waals surface area contributed by atoms with Crippen LogP contribution in [0.15, 0.2) is 18.2 Å². The molecule has 0 fully saturated rings. The van der Waals surface area contributed by atoms with Crippen molar-refractivity contribution in [3.05, 3.63) is 29.3 Å².